The van der Waals surface area contributed by atoms with Gasteiger partial charge in [0.25, 0.3) is 0 Å². The van der Waals surface area contributed by atoms with Crippen molar-refractivity contribution in [3.8, 4) is 0 Å². The van der Waals surface area contributed by atoms with Gasteiger partial charge in [0.2, 0.25) is 5.91 Å². The molecule has 2 aliphatic heterocycles. The minimum Gasteiger partial charge on any atom is -0.342 e. The van der Waals surface area contributed by atoms with Crippen LogP contribution in [0.1, 0.15) is 59.8 Å². The number of piperidine rings is 1. The van der Waals surface area contributed by atoms with Crippen molar-refractivity contribution < 1.29 is 4.79 Å². The maximum atomic E-state index is 12.8. The van der Waals surface area contributed by atoms with Crippen LogP contribution in [0.2, 0.25) is 0 Å². The van der Waals surface area contributed by atoms with E-state index >= 15 is 0 Å². The van der Waals surface area contributed by atoms with E-state index in [0.717, 1.165) is 38.4 Å². The van der Waals surface area contributed by atoms with Crippen molar-refractivity contribution in [1.82, 2.24) is 10.2 Å². The van der Waals surface area contributed by atoms with Gasteiger partial charge in [-0.2, -0.15) is 0 Å². The predicted octanol–water partition coefficient (Wildman–Crippen LogP) is 3.05. The van der Waals surface area contributed by atoms with Crippen LogP contribution >= 0.6 is 0 Å². The summed E-state index contributed by atoms with van der Waals surface area (Å²) < 4.78 is 0. The molecule has 3 atom stereocenters. The fourth-order valence-corrected chi connectivity index (χ4v) is 3.80. The molecule has 0 spiro atoms. The van der Waals surface area contributed by atoms with Crippen molar-refractivity contribution in [2.45, 2.75) is 65.8 Å². The maximum absolute atomic E-state index is 12.8. The second-order valence-electron chi connectivity index (χ2n) is 7.81. The van der Waals surface area contributed by atoms with Crippen molar-refractivity contribution in [3.63, 3.8) is 0 Å². The van der Waals surface area contributed by atoms with Crippen molar-refractivity contribution >= 4 is 5.91 Å². The number of nitrogens with one attached hydrogen (secondary N) is 1. The molecule has 0 saturated carbocycles. The molecule has 3 unspecified atom stereocenters. The van der Waals surface area contributed by atoms with E-state index < -0.39 is 0 Å². The van der Waals surface area contributed by atoms with Crippen molar-refractivity contribution in [1.29, 1.82) is 0 Å². The minimum atomic E-state index is 0.204. The smallest absolute Gasteiger partial charge is 0.227 e. The van der Waals surface area contributed by atoms with Crippen LogP contribution in [-0.2, 0) is 4.79 Å². The van der Waals surface area contributed by atoms with Gasteiger partial charge in [0.05, 0.1) is 5.92 Å². The van der Waals surface area contributed by atoms with E-state index in [9.17, 15) is 4.79 Å². The molecule has 1 N–H and O–H groups in total. The van der Waals surface area contributed by atoms with Crippen molar-refractivity contribution in [3.05, 3.63) is 0 Å². The predicted molar refractivity (Wildman–Crippen MR) is 83.6 cm³/mol. The maximum Gasteiger partial charge on any atom is 0.227 e. The van der Waals surface area contributed by atoms with Gasteiger partial charge in [-0.1, -0.05) is 20.8 Å². The van der Waals surface area contributed by atoms with Gasteiger partial charge in [-0.05, 0) is 56.9 Å². The summed E-state index contributed by atoms with van der Waals surface area (Å²) in [7, 11) is 0. The lowest BCUT2D eigenvalue weighted by molar-refractivity contribution is -0.137. The molecule has 0 aliphatic carbocycles. The highest BCUT2D eigenvalue weighted by molar-refractivity contribution is 5.79. The SMILES string of the molecule is CC1NCCCC1C(=O)N1CCCC(C(C)(C)C)CC1. The van der Waals surface area contributed by atoms with Gasteiger partial charge in [-0.15, -0.1) is 0 Å². The van der Waals surface area contributed by atoms with Crippen LogP contribution in [0.25, 0.3) is 0 Å². The van der Waals surface area contributed by atoms with Gasteiger partial charge < -0.3 is 10.2 Å². The van der Waals surface area contributed by atoms with Crippen LogP contribution in [-0.4, -0.2) is 36.5 Å². The molecule has 2 rings (SSSR count). The number of nitrogens with zero attached hydrogens (tertiary/aromatic N) is 1. The van der Waals surface area contributed by atoms with Gasteiger partial charge in [0.15, 0.2) is 0 Å². The van der Waals surface area contributed by atoms with E-state index in [4.69, 9.17) is 0 Å². The van der Waals surface area contributed by atoms with Gasteiger partial charge in [-0.25, -0.2) is 0 Å². The summed E-state index contributed by atoms with van der Waals surface area (Å²) in [5, 5.41) is 3.45. The molecular weight excluding hydrogens is 248 g/mol. The second kappa shape index (κ2) is 6.46. The molecule has 0 aromatic carbocycles. The Kier molecular flexibility index (Phi) is 5.11. The summed E-state index contributed by atoms with van der Waals surface area (Å²) in [6.45, 7) is 12.2. The van der Waals surface area contributed by atoms with E-state index in [1.165, 1.54) is 19.3 Å². The molecule has 1 amide bonds. The number of likely N-dealkylation sites (tertiary alicyclic amines) is 1. The highest BCUT2D eigenvalue weighted by Crippen LogP contribution is 2.34. The van der Waals surface area contributed by atoms with Gasteiger partial charge in [0.1, 0.15) is 0 Å². The Morgan fingerprint density at radius 2 is 1.85 bits per heavy atom. The summed E-state index contributed by atoms with van der Waals surface area (Å²) in [6, 6.07) is 0.345. The Bertz CT molecular complexity index is 334. The Labute approximate surface area is 124 Å². The summed E-state index contributed by atoms with van der Waals surface area (Å²) in [4.78, 5) is 14.9. The van der Waals surface area contributed by atoms with E-state index in [1.54, 1.807) is 0 Å². The molecule has 0 aromatic heterocycles. The molecule has 3 heteroatoms. The number of hydrogen-bond acceptors (Lipinski definition) is 2. The number of amides is 1. The first-order valence-electron chi connectivity index (χ1n) is 8.42. The molecule has 116 valence electrons. The molecule has 2 heterocycles. The van der Waals surface area contributed by atoms with Gasteiger partial charge in [-0.3, -0.25) is 4.79 Å². The molecule has 0 radical (unpaired) electrons. The molecule has 2 fully saturated rings. The number of rotatable bonds is 1. The summed E-state index contributed by atoms with van der Waals surface area (Å²) in [5.41, 5.74) is 0.374. The molecule has 0 bridgehead atoms. The highest BCUT2D eigenvalue weighted by atomic mass is 16.2. The third-order valence-electron chi connectivity index (χ3n) is 5.34. The molecule has 2 aliphatic rings. The quantitative estimate of drug-likeness (QED) is 0.800. The average Bonchev–Trinajstić information content (AvgIpc) is 2.63. The number of carbonyl (C=O) groups is 1. The Hall–Kier alpha value is -0.570. The standard InChI is InChI=1S/C17H32N2O/c1-13-15(8-5-10-18-13)16(20)19-11-6-7-14(9-12-19)17(2,3)4/h13-15,18H,5-12H2,1-4H3. The van der Waals surface area contributed by atoms with E-state index in [2.05, 4.69) is 37.9 Å². The van der Waals surface area contributed by atoms with E-state index in [-0.39, 0.29) is 5.92 Å². The lowest BCUT2D eigenvalue weighted by Crippen LogP contribution is -2.48. The normalized spacial score (nSPS) is 32.8. The second-order valence-corrected chi connectivity index (χ2v) is 7.81. The fraction of sp³-hybridized carbons (Fsp3) is 0.941. The largest absolute Gasteiger partial charge is 0.342 e. The molecule has 3 nitrogen and oxygen atoms in total. The van der Waals surface area contributed by atoms with Gasteiger partial charge >= 0.3 is 0 Å². The fourth-order valence-electron chi connectivity index (χ4n) is 3.80. The lowest BCUT2D eigenvalue weighted by atomic mass is 9.77. The van der Waals surface area contributed by atoms with Crippen molar-refractivity contribution in [2.24, 2.45) is 17.3 Å². The van der Waals surface area contributed by atoms with Crippen LogP contribution < -0.4 is 5.32 Å². The highest BCUT2D eigenvalue weighted by Gasteiger charge is 2.33. The van der Waals surface area contributed by atoms with Crippen LogP contribution in [0, 0.1) is 17.3 Å². The van der Waals surface area contributed by atoms with Crippen LogP contribution in [0.5, 0.6) is 0 Å². The lowest BCUT2D eigenvalue weighted by Gasteiger charge is -2.34. The Morgan fingerprint density at radius 3 is 2.50 bits per heavy atom. The van der Waals surface area contributed by atoms with Crippen molar-refractivity contribution in [2.75, 3.05) is 19.6 Å². The molecular formula is C17H32N2O. The third-order valence-corrected chi connectivity index (χ3v) is 5.34. The zero-order valence-electron chi connectivity index (χ0n) is 13.7. The molecule has 2 saturated heterocycles. The zero-order valence-corrected chi connectivity index (χ0v) is 13.7. The summed E-state index contributed by atoms with van der Waals surface area (Å²) in [5.74, 6) is 1.36. The summed E-state index contributed by atoms with van der Waals surface area (Å²) >= 11 is 0. The van der Waals surface area contributed by atoms with Crippen LogP contribution in [0.3, 0.4) is 0 Å². The van der Waals surface area contributed by atoms with Crippen LogP contribution in [0.15, 0.2) is 0 Å². The zero-order chi connectivity index (χ0) is 14.8. The van der Waals surface area contributed by atoms with Gasteiger partial charge in [0, 0.05) is 19.1 Å². The Balaban J connectivity index is 1.94. The van der Waals surface area contributed by atoms with E-state index in [1.807, 2.05) is 0 Å². The number of hydrogen-bond donors (Lipinski definition) is 1. The monoisotopic (exact) mass is 280 g/mol. The Morgan fingerprint density at radius 1 is 1.10 bits per heavy atom. The first kappa shape index (κ1) is 15.8. The van der Waals surface area contributed by atoms with E-state index in [0.29, 0.717) is 17.4 Å². The molecule has 0 aromatic rings. The third kappa shape index (κ3) is 3.75. The first-order chi connectivity index (χ1) is 9.39. The molecule has 20 heavy (non-hydrogen) atoms. The average molecular weight is 280 g/mol. The van der Waals surface area contributed by atoms with Crippen LogP contribution in [0.4, 0.5) is 0 Å². The summed E-state index contributed by atoms with van der Waals surface area (Å²) in [6.07, 6.45) is 5.81. The topological polar surface area (TPSA) is 32.3 Å². The first-order valence-corrected chi connectivity index (χ1v) is 8.42. The number of carbonyl (C=O) groups excluding carboxylic acids is 1. The minimum absolute atomic E-state index is 0.204.